The van der Waals surface area contributed by atoms with E-state index in [1.165, 1.54) is 13.2 Å². The molecule has 0 spiro atoms. The van der Waals surface area contributed by atoms with Gasteiger partial charge in [-0.05, 0) is 23.3 Å². The highest BCUT2D eigenvalue weighted by molar-refractivity contribution is 5.98. The summed E-state index contributed by atoms with van der Waals surface area (Å²) in [5, 5.41) is 13.0. The Morgan fingerprint density at radius 1 is 0.893 bits per heavy atom. The van der Waals surface area contributed by atoms with E-state index in [0.717, 1.165) is 11.1 Å². The van der Waals surface area contributed by atoms with E-state index in [9.17, 15) is 14.7 Å². The van der Waals surface area contributed by atoms with Crippen molar-refractivity contribution < 1.29 is 19.4 Å². The van der Waals surface area contributed by atoms with Crippen molar-refractivity contribution in [2.75, 3.05) is 12.4 Å². The second-order valence-electron chi connectivity index (χ2n) is 6.32. The number of ether oxygens (including phenoxy) is 1. The van der Waals surface area contributed by atoms with Gasteiger partial charge in [-0.3, -0.25) is 4.79 Å². The lowest BCUT2D eigenvalue weighted by Gasteiger charge is -2.18. The van der Waals surface area contributed by atoms with E-state index in [-0.39, 0.29) is 35.2 Å². The van der Waals surface area contributed by atoms with E-state index in [1.54, 1.807) is 12.1 Å². The zero-order valence-corrected chi connectivity index (χ0v) is 15.5. The predicted molar refractivity (Wildman–Crippen MR) is 107 cm³/mol. The van der Waals surface area contributed by atoms with Crippen molar-refractivity contribution in [2.45, 2.75) is 12.3 Å². The number of hydrogen-bond donors (Lipinski definition) is 2. The Bertz CT molecular complexity index is 915. The molecular weight excluding hydrogens is 354 g/mol. The standard InChI is InChI=1S/C23H21NO4/c1-28-23(27)18-13-8-14-20(22(18)26)24-21(25)15-19(16-9-4-2-5-10-16)17-11-6-3-7-12-17/h2-14,19,26H,15H2,1H3,(H,24,25). The maximum Gasteiger partial charge on any atom is 0.341 e. The van der Waals surface area contributed by atoms with Gasteiger partial charge >= 0.3 is 5.97 Å². The van der Waals surface area contributed by atoms with Crippen LogP contribution in [0.25, 0.3) is 0 Å². The molecule has 0 aliphatic heterocycles. The molecule has 3 aromatic rings. The van der Waals surface area contributed by atoms with Crippen molar-refractivity contribution in [3.05, 3.63) is 95.6 Å². The fraction of sp³-hybridized carbons (Fsp3) is 0.130. The van der Waals surface area contributed by atoms with E-state index in [4.69, 9.17) is 0 Å². The zero-order valence-electron chi connectivity index (χ0n) is 15.5. The van der Waals surface area contributed by atoms with Gasteiger partial charge < -0.3 is 15.2 Å². The topological polar surface area (TPSA) is 75.6 Å². The Hall–Kier alpha value is -3.60. The van der Waals surface area contributed by atoms with Crippen LogP contribution >= 0.6 is 0 Å². The number of aromatic hydroxyl groups is 1. The Kier molecular flexibility index (Phi) is 6.07. The number of carbonyl (C=O) groups excluding carboxylic acids is 2. The van der Waals surface area contributed by atoms with Gasteiger partial charge in [-0.25, -0.2) is 4.79 Å². The maximum absolute atomic E-state index is 12.7. The quantitative estimate of drug-likeness (QED) is 0.496. The highest BCUT2D eigenvalue weighted by atomic mass is 16.5. The van der Waals surface area contributed by atoms with Crippen LogP contribution in [0.4, 0.5) is 5.69 Å². The fourth-order valence-electron chi connectivity index (χ4n) is 3.10. The van der Waals surface area contributed by atoms with Crippen molar-refractivity contribution in [3.8, 4) is 5.75 Å². The summed E-state index contributed by atoms with van der Waals surface area (Å²) in [4.78, 5) is 24.5. The number of benzene rings is 3. The third-order valence-electron chi connectivity index (χ3n) is 4.51. The molecule has 3 aromatic carbocycles. The van der Waals surface area contributed by atoms with Gasteiger partial charge in [-0.1, -0.05) is 66.7 Å². The number of phenolic OH excluding ortho intramolecular Hbond substituents is 1. The van der Waals surface area contributed by atoms with Crippen molar-refractivity contribution >= 4 is 17.6 Å². The van der Waals surface area contributed by atoms with Gasteiger partial charge in [0.05, 0.1) is 12.8 Å². The molecule has 5 heteroatoms. The van der Waals surface area contributed by atoms with Gasteiger partial charge in [-0.2, -0.15) is 0 Å². The van der Waals surface area contributed by atoms with Crippen molar-refractivity contribution in [1.82, 2.24) is 0 Å². The molecule has 0 unspecified atom stereocenters. The summed E-state index contributed by atoms with van der Waals surface area (Å²) in [5.74, 6) is -1.37. The van der Waals surface area contributed by atoms with E-state index >= 15 is 0 Å². The third-order valence-corrected chi connectivity index (χ3v) is 4.51. The molecule has 3 rings (SSSR count). The third kappa shape index (κ3) is 4.38. The monoisotopic (exact) mass is 375 g/mol. The molecule has 0 aliphatic carbocycles. The molecule has 0 radical (unpaired) electrons. The number of rotatable bonds is 6. The molecule has 5 nitrogen and oxygen atoms in total. The first-order valence-corrected chi connectivity index (χ1v) is 8.90. The minimum atomic E-state index is -0.667. The molecule has 2 N–H and O–H groups in total. The summed E-state index contributed by atoms with van der Waals surface area (Å²) >= 11 is 0. The van der Waals surface area contributed by atoms with E-state index in [2.05, 4.69) is 10.1 Å². The average Bonchev–Trinajstić information content (AvgIpc) is 2.74. The number of methoxy groups -OCH3 is 1. The first-order chi connectivity index (χ1) is 13.6. The fourth-order valence-corrected chi connectivity index (χ4v) is 3.10. The van der Waals surface area contributed by atoms with Crippen molar-refractivity contribution in [2.24, 2.45) is 0 Å². The summed E-state index contributed by atoms with van der Waals surface area (Å²) in [6, 6.07) is 24.1. The molecule has 0 fully saturated rings. The molecule has 0 aliphatic rings. The van der Waals surface area contributed by atoms with Crippen LogP contribution in [-0.4, -0.2) is 24.1 Å². The van der Waals surface area contributed by atoms with Gasteiger partial charge in [0.1, 0.15) is 5.56 Å². The Balaban J connectivity index is 1.83. The second kappa shape index (κ2) is 8.86. The minimum absolute atomic E-state index is 0.00275. The zero-order chi connectivity index (χ0) is 19.9. The smallest absolute Gasteiger partial charge is 0.341 e. The van der Waals surface area contributed by atoms with Gasteiger partial charge in [0.15, 0.2) is 5.75 Å². The number of para-hydroxylation sites is 1. The summed E-state index contributed by atoms with van der Waals surface area (Å²) in [6.07, 6.45) is 0.190. The number of amides is 1. The van der Waals surface area contributed by atoms with Gasteiger partial charge in [0.25, 0.3) is 0 Å². The summed E-state index contributed by atoms with van der Waals surface area (Å²) < 4.78 is 4.65. The van der Waals surface area contributed by atoms with Crippen LogP contribution in [-0.2, 0) is 9.53 Å². The van der Waals surface area contributed by atoms with Gasteiger partial charge in [0, 0.05) is 12.3 Å². The molecule has 28 heavy (non-hydrogen) atoms. The second-order valence-corrected chi connectivity index (χ2v) is 6.32. The molecule has 0 aromatic heterocycles. The van der Waals surface area contributed by atoms with Crippen LogP contribution in [0.5, 0.6) is 5.75 Å². The highest BCUT2D eigenvalue weighted by Crippen LogP contribution is 2.31. The molecule has 0 heterocycles. The molecule has 0 atom stereocenters. The number of nitrogens with one attached hydrogen (secondary N) is 1. The molecular formula is C23H21NO4. The van der Waals surface area contributed by atoms with Crippen LogP contribution in [0.15, 0.2) is 78.9 Å². The van der Waals surface area contributed by atoms with Crippen LogP contribution < -0.4 is 5.32 Å². The number of phenols is 1. The lowest BCUT2D eigenvalue weighted by atomic mass is 9.88. The van der Waals surface area contributed by atoms with Crippen molar-refractivity contribution in [3.63, 3.8) is 0 Å². The van der Waals surface area contributed by atoms with Gasteiger partial charge in [-0.15, -0.1) is 0 Å². The predicted octanol–water partition coefficient (Wildman–Crippen LogP) is 4.34. The van der Waals surface area contributed by atoms with E-state index in [1.807, 2.05) is 60.7 Å². The van der Waals surface area contributed by atoms with Gasteiger partial charge in [0.2, 0.25) is 5.91 Å². The Morgan fingerprint density at radius 3 is 2.00 bits per heavy atom. The molecule has 0 bridgehead atoms. The number of esters is 1. The normalized spacial score (nSPS) is 10.5. The number of hydrogen-bond acceptors (Lipinski definition) is 4. The molecule has 142 valence electrons. The highest BCUT2D eigenvalue weighted by Gasteiger charge is 2.20. The Morgan fingerprint density at radius 2 is 1.46 bits per heavy atom. The minimum Gasteiger partial charge on any atom is -0.505 e. The lowest BCUT2D eigenvalue weighted by molar-refractivity contribution is -0.116. The lowest BCUT2D eigenvalue weighted by Crippen LogP contribution is -2.17. The number of carbonyl (C=O) groups is 2. The van der Waals surface area contributed by atoms with Crippen LogP contribution in [0, 0.1) is 0 Å². The largest absolute Gasteiger partial charge is 0.505 e. The summed E-state index contributed by atoms with van der Waals surface area (Å²) in [6.45, 7) is 0. The van der Waals surface area contributed by atoms with E-state index < -0.39 is 5.97 Å². The Labute approximate surface area is 163 Å². The number of anilines is 1. The average molecular weight is 375 g/mol. The summed E-state index contributed by atoms with van der Waals surface area (Å²) in [5.41, 5.74) is 2.23. The first kappa shape index (κ1) is 19.2. The SMILES string of the molecule is COC(=O)c1cccc(NC(=O)CC(c2ccccc2)c2ccccc2)c1O. The maximum atomic E-state index is 12.7. The molecule has 0 saturated heterocycles. The molecule has 1 amide bonds. The van der Waals surface area contributed by atoms with Crippen molar-refractivity contribution in [1.29, 1.82) is 0 Å². The summed E-state index contributed by atoms with van der Waals surface area (Å²) in [7, 11) is 1.23. The molecule has 0 saturated carbocycles. The van der Waals surface area contributed by atoms with Crippen LogP contribution in [0.1, 0.15) is 33.8 Å². The van der Waals surface area contributed by atoms with Crippen LogP contribution in [0.2, 0.25) is 0 Å². The van der Waals surface area contributed by atoms with Crippen LogP contribution in [0.3, 0.4) is 0 Å². The van der Waals surface area contributed by atoms with E-state index in [0.29, 0.717) is 0 Å². The first-order valence-electron chi connectivity index (χ1n) is 8.90.